The highest BCUT2D eigenvalue weighted by molar-refractivity contribution is 5.95. The number of carboxylic acids is 1. The molecule has 1 amide bonds. The van der Waals surface area contributed by atoms with Crippen LogP contribution in [0.15, 0.2) is 72.8 Å². The number of phenolic OH excluding ortho intramolecular Hbond substituents is 1. The van der Waals surface area contributed by atoms with Crippen molar-refractivity contribution in [2.45, 2.75) is 0 Å². The minimum absolute atomic E-state index is 0.0233. The van der Waals surface area contributed by atoms with Gasteiger partial charge in [0.15, 0.2) is 11.5 Å². The Kier molecular flexibility index (Phi) is 8.84. The van der Waals surface area contributed by atoms with E-state index in [9.17, 15) is 14.7 Å². The Morgan fingerprint density at radius 2 is 1.56 bits per heavy atom. The first-order valence-corrected chi connectivity index (χ1v) is 12.4. The number of aromatic hydroxyl groups is 1. The summed E-state index contributed by atoms with van der Waals surface area (Å²) in [6.07, 6.45) is 2.13. The highest BCUT2D eigenvalue weighted by Gasteiger charge is 2.27. The van der Waals surface area contributed by atoms with Crippen molar-refractivity contribution >= 4 is 23.8 Å². The third-order valence-electron chi connectivity index (χ3n) is 5.65. The average molecular weight is 591 g/mol. The summed E-state index contributed by atoms with van der Waals surface area (Å²) < 4.78 is 48.1. The molecule has 0 aliphatic carbocycles. The Bertz CT molecular complexity index is 1760. The molecule has 4 aromatic rings. The fraction of sp³-hybridized carbons (Fsp3) is 0.0667. The first-order chi connectivity index (χ1) is 20.4. The lowest BCUT2D eigenvalue weighted by Gasteiger charge is -2.16. The molecular weight excluding hydrogens is 566 g/mol. The molecule has 0 bridgehead atoms. The van der Waals surface area contributed by atoms with Crippen LogP contribution in [0.2, 0.25) is 0 Å². The van der Waals surface area contributed by atoms with Gasteiger partial charge in [0.25, 0.3) is 17.7 Å². The van der Waals surface area contributed by atoms with Crippen LogP contribution in [0, 0.1) is 17.0 Å². The van der Waals surface area contributed by atoms with Crippen LogP contribution < -0.4 is 19.9 Å². The number of nitrogens with two attached hydrogens (primary N) is 1. The summed E-state index contributed by atoms with van der Waals surface area (Å²) in [6, 6.07) is 15.1. The Labute approximate surface area is 243 Å². The van der Waals surface area contributed by atoms with E-state index in [2.05, 4.69) is 4.98 Å². The molecule has 0 atom stereocenters. The van der Waals surface area contributed by atoms with E-state index in [-0.39, 0.29) is 40.1 Å². The van der Waals surface area contributed by atoms with E-state index < -0.39 is 40.9 Å². The molecule has 0 saturated heterocycles. The van der Waals surface area contributed by atoms with Crippen LogP contribution in [0.3, 0.4) is 0 Å². The summed E-state index contributed by atoms with van der Waals surface area (Å²) in [5, 5.41) is 26.8. The summed E-state index contributed by atoms with van der Waals surface area (Å²) in [6.45, 7) is 0. The van der Waals surface area contributed by atoms with E-state index in [1.807, 2.05) is 0 Å². The third-order valence-corrected chi connectivity index (χ3v) is 5.65. The van der Waals surface area contributed by atoms with Gasteiger partial charge in [0.2, 0.25) is 17.4 Å². The molecule has 0 radical (unpaired) electrons. The normalized spacial score (nSPS) is 10.8. The Hall–Kier alpha value is -5.98. The van der Waals surface area contributed by atoms with Crippen molar-refractivity contribution < 1.29 is 42.8 Å². The molecular formula is C30H24F2N4O7. The zero-order valence-corrected chi connectivity index (χ0v) is 22.7. The second kappa shape index (κ2) is 12.7. The fourth-order valence-corrected chi connectivity index (χ4v) is 3.60. The summed E-state index contributed by atoms with van der Waals surface area (Å²) in [5.41, 5.74) is 6.21. The highest BCUT2D eigenvalue weighted by Crippen LogP contribution is 2.41. The predicted molar refractivity (Wildman–Crippen MR) is 151 cm³/mol. The van der Waals surface area contributed by atoms with Gasteiger partial charge in [0.05, 0.1) is 0 Å². The number of carboxylic acid groups (broad SMARTS) is 1. The molecule has 43 heavy (non-hydrogen) atoms. The number of carbonyl (C=O) groups is 2. The van der Waals surface area contributed by atoms with Gasteiger partial charge in [0.1, 0.15) is 17.3 Å². The Morgan fingerprint density at radius 1 is 0.907 bits per heavy atom. The summed E-state index contributed by atoms with van der Waals surface area (Å²) in [5.74, 6) is -8.30. The molecule has 5 N–H and O–H groups in total. The molecule has 0 aliphatic rings. The number of rotatable bonds is 10. The number of benzene rings is 3. The molecule has 0 aliphatic heterocycles. The van der Waals surface area contributed by atoms with Gasteiger partial charge in [-0.25, -0.2) is 4.79 Å². The number of amidine groups is 1. The van der Waals surface area contributed by atoms with Crippen molar-refractivity contribution in [1.82, 2.24) is 9.88 Å². The van der Waals surface area contributed by atoms with Crippen LogP contribution in [-0.4, -0.2) is 51.9 Å². The number of aliphatic carboxylic acids is 1. The maximum atomic E-state index is 15.7. The van der Waals surface area contributed by atoms with Crippen molar-refractivity contribution in [2.24, 2.45) is 5.73 Å². The largest absolute Gasteiger partial charge is 0.504 e. The van der Waals surface area contributed by atoms with Gasteiger partial charge in [0, 0.05) is 31.3 Å². The second-order valence-corrected chi connectivity index (χ2v) is 9.05. The maximum Gasteiger partial charge on any atom is 0.328 e. The second-order valence-electron chi connectivity index (χ2n) is 9.05. The Morgan fingerprint density at radius 3 is 2.21 bits per heavy atom. The zero-order valence-electron chi connectivity index (χ0n) is 22.7. The number of nitrogens with one attached hydrogen (secondary N) is 1. The van der Waals surface area contributed by atoms with Gasteiger partial charge in [-0.05, 0) is 60.2 Å². The lowest BCUT2D eigenvalue weighted by atomic mass is 10.2. The number of phenols is 1. The van der Waals surface area contributed by atoms with Crippen LogP contribution in [0.25, 0.3) is 6.08 Å². The Balaban J connectivity index is 1.81. The van der Waals surface area contributed by atoms with Crippen molar-refractivity contribution in [2.75, 3.05) is 14.1 Å². The predicted octanol–water partition coefficient (Wildman–Crippen LogP) is 5.53. The van der Waals surface area contributed by atoms with E-state index in [0.717, 1.165) is 18.2 Å². The maximum absolute atomic E-state index is 15.7. The standard InChI is InChI=1S/C30H24F2N4O7/c1-36(2)30(40)18-6-4-8-20(14-18)42-28-24(31)26(41-19-7-3-5-16(13-19)9-12-23(38)39)25(32)29(35-28)43-22-15-17(27(33)34)10-11-21(22)37/h3-15,37H,1-2H3,(H3,33,34)(H,38,39). The van der Waals surface area contributed by atoms with Gasteiger partial charge in [-0.1, -0.05) is 18.2 Å². The lowest BCUT2D eigenvalue weighted by molar-refractivity contribution is -0.131. The molecule has 3 aromatic carbocycles. The van der Waals surface area contributed by atoms with Crippen LogP contribution in [0.5, 0.6) is 40.5 Å². The quantitative estimate of drug-likeness (QED) is 0.105. The molecule has 11 nitrogen and oxygen atoms in total. The van der Waals surface area contributed by atoms with Crippen molar-refractivity contribution in [3.05, 3.63) is 101 Å². The van der Waals surface area contributed by atoms with Gasteiger partial charge in [-0.2, -0.15) is 13.8 Å². The van der Waals surface area contributed by atoms with Crippen molar-refractivity contribution in [3.63, 3.8) is 0 Å². The molecule has 0 saturated carbocycles. The van der Waals surface area contributed by atoms with Crippen LogP contribution in [-0.2, 0) is 4.79 Å². The minimum Gasteiger partial charge on any atom is -0.504 e. The number of amides is 1. The number of halogens is 2. The number of hydrogen-bond donors (Lipinski definition) is 4. The molecule has 1 aromatic heterocycles. The van der Waals surface area contributed by atoms with Gasteiger partial charge in [-0.15, -0.1) is 0 Å². The number of nitrogen functional groups attached to an aromatic ring is 1. The lowest BCUT2D eigenvalue weighted by Crippen LogP contribution is -2.21. The monoisotopic (exact) mass is 590 g/mol. The van der Waals surface area contributed by atoms with E-state index in [0.29, 0.717) is 5.56 Å². The third kappa shape index (κ3) is 7.21. The summed E-state index contributed by atoms with van der Waals surface area (Å²) >= 11 is 0. The van der Waals surface area contributed by atoms with Crippen LogP contribution in [0.4, 0.5) is 8.78 Å². The minimum atomic E-state index is -1.42. The first kappa shape index (κ1) is 30.0. The number of ether oxygens (including phenoxy) is 3. The highest BCUT2D eigenvalue weighted by atomic mass is 19.1. The number of pyridine rings is 1. The first-order valence-electron chi connectivity index (χ1n) is 12.4. The van der Waals surface area contributed by atoms with Crippen LogP contribution >= 0.6 is 0 Å². The van der Waals surface area contributed by atoms with E-state index >= 15 is 8.78 Å². The van der Waals surface area contributed by atoms with Crippen molar-refractivity contribution in [3.8, 4) is 40.5 Å². The summed E-state index contributed by atoms with van der Waals surface area (Å²) in [7, 11) is 3.10. The number of hydrogen-bond acceptors (Lipinski definition) is 8. The number of carbonyl (C=O) groups excluding carboxylic acids is 1. The fourth-order valence-electron chi connectivity index (χ4n) is 3.60. The smallest absolute Gasteiger partial charge is 0.328 e. The number of nitrogens with zero attached hydrogens (tertiary/aromatic N) is 2. The van der Waals surface area contributed by atoms with Gasteiger partial charge < -0.3 is 35.1 Å². The van der Waals surface area contributed by atoms with Crippen LogP contribution in [0.1, 0.15) is 21.5 Å². The molecule has 0 unspecified atom stereocenters. The number of aromatic nitrogens is 1. The molecule has 0 spiro atoms. The molecule has 13 heteroatoms. The average Bonchev–Trinajstić information content (AvgIpc) is 2.97. The SMILES string of the molecule is CN(C)C(=O)c1cccc(Oc2nc(Oc3cc(C(=N)N)ccc3O)c(F)c(Oc3cccc(C=CC(=O)O)c3)c2F)c1. The molecule has 4 rings (SSSR count). The molecule has 1 heterocycles. The van der Waals surface area contributed by atoms with E-state index in [1.54, 1.807) is 20.2 Å². The van der Waals surface area contributed by atoms with E-state index in [1.165, 1.54) is 59.5 Å². The van der Waals surface area contributed by atoms with Gasteiger partial charge >= 0.3 is 5.97 Å². The molecule has 220 valence electrons. The van der Waals surface area contributed by atoms with Gasteiger partial charge in [-0.3, -0.25) is 10.2 Å². The van der Waals surface area contributed by atoms with Crippen molar-refractivity contribution in [1.29, 1.82) is 5.41 Å². The topological polar surface area (TPSA) is 168 Å². The molecule has 0 fully saturated rings. The summed E-state index contributed by atoms with van der Waals surface area (Å²) in [4.78, 5) is 28.4. The van der Waals surface area contributed by atoms with E-state index in [4.69, 9.17) is 30.5 Å². The zero-order chi connectivity index (χ0) is 31.3.